The van der Waals surface area contributed by atoms with Crippen LogP contribution in [0.1, 0.15) is 79.6 Å². The third-order valence-electron chi connectivity index (χ3n) is 5.87. The minimum Gasteiger partial charge on any atom is -0.461 e. The van der Waals surface area contributed by atoms with Crippen molar-refractivity contribution in [3.63, 3.8) is 0 Å². The molecule has 3 nitrogen and oxygen atoms in total. The molecule has 0 radical (unpaired) electrons. The summed E-state index contributed by atoms with van der Waals surface area (Å²) in [5.74, 6) is -0.493. The van der Waals surface area contributed by atoms with Gasteiger partial charge in [-0.2, -0.15) is 13.2 Å². The number of rotatable bonds is 7. The molecule has 0 amide bonds. The lowest BCUT2D eigenvalue weighted by molar-refractivity contribution is -0.266. The third-order valence-corrected chi connectivity index (χ3v) is 5.87. The normalized spacial score (nSPS) is 22.0. The molecule has 0 spiro atoms. The molecule has 1 aliphatic carbocycles. The van der Waals surface area contributed by atoms with E-state index in [4.69, 9.17) is 4.74 Å². The predicted octanol–water partition coefficient (Wildman–Crippen LogP) is 5.01. The molecule has 1 N–H and O–H groups in total. The van der Waals surface area contributed by atoms with Crippen molar-refractivity contribution >= 4 is 5.97 Å². The van der Waals surface area contributed by atoms with Crippen molar-refractivity contribution in [1.82, 2.24) is 0 Å². The van der Waals surface area contributed by atoms with Crippen molar-refractivity contribution in [3.05, 3.63) is 0 Å². The molecule has 2 atom stereocenters. The van der Waals surface area contributed by atoms with Gasteiger partial charge in [-0.1, -0.05) is 26.7 Å². The molecule has 1 rings (SSSR count). The lowest BCUT2D eigenvalue weighted by Crippen LogP contribution is -2.50. The first-order valence-corrected chi connectivity index (χ1v) is 8.81. The molecule has 142 valence electrons. The smallest absolute Gasteiger partial charge is 0.417 e. The summed E-state index contributed by atoms with van der Waals surface area (Å²) in [4.78, 5) is 12.5. The average molecular weight is 352 g/mol. The van der Waals surface area contributed by atoms with Crippen LogP contribution in [0.5, 0.6) is 0 Å². The zero-order valence-electron chi connectivity index (χ0n) is 15.4. The van der Waals surface area contributed by atoms with Crippen LogP contribution in [0.25, 0.3) is 0 Å². The second-order valence-electron chi connectivity index (χ2n) is 8.03. The largest absolute Gasteiger partial charge is 0.461 e. The molecule has 0 saturated heterocycles. The molecule has 0 heterocycles. The molecule has 0 aromatic heterocycles. The second-order valence-corrected chi connectivity index (χ2v) is 8.03. The topological polar surface area (TPSA) is 46.5 Å². The van der Waals surface area contributed by atoms with Gasteiger partial charge in [0, 0.05) is 11.8 Å². The van der Waals surface area contributed by atoms with Crippen LogP contribution in [-0.2, 0) is 9.53 Å². The number of halogens is 3. The van der Waals surface area contributed by atoms with E-state index in [1.807, 2.05) is 13.8 Å². The van der Waals surface area contributed by atoms with E-state index < -0.39 is 41.1 Å². The first-order chi connectivity index (χ1) is 10.8. The lowest BCUT2D eigenvalue weighted by atomic mass is 9.73. The number of aliphatic hydroxyl groups is 1. The van der Waals surface area contributed by atoms with Crippen molar-refractivity contribution < 1.29 is 27.8 Å². The van der Waals surface area contributed by atoms with E-state index in [-0.39, 0.29) is 0 Å². The number of ether oxygens (including phenoxy) is 1. The minimum absolute atomic E-state index is 0.477. The van der Waals surface area contributed by atoms with E-state index in [2.05, 4.69) is 0 Å². The number of esters is 1. The standard InChI is InChI=1S/C18H31F3O3/c1-6-15(3,4)14(22)24-13(12-16(5,23)18(19,20)21)17(7-2)10-8-9-11-17/h13,23H,6-12H2,1-5H3. The third kappa shape index (κ3) is 4.44. The van der Waals surface area contributed by atoms with Crippen molar-refractivity contribution in [1.29, 1.82) is 0 Å². The highest BCUT2D eigenvalue weighted by molar-refractivity contribution is 5.76. The van der Waals surface area contributed by atoms with Crippen molar-refractivity contribution in [2.24, 2.45) is 10.8 Å². The molecule has 1 fully saturated rings. The van der Waals surface area contributed by atoms with Crippen molar-refractivity contribution in [3.8, 4) is 0 Å². The van der Waals surface area contributed by atoms with Crippen LogP contribution < -0.4 is 0 Å². The molecular weight excluding hydrogens is 321 g/mol. The zero-order chi connectivity index (χ0) is 18.8. The highest BCUT2D eigenvalue weighted by Crippen LogP contribution is 2.49. The lowest BCUT2D eigenvalue weighted by Gasteiger charge is -2.41. The summed E-state index contributed by atoms with van der Waals surface area (Å²) in [7, 11) is 0. The maximum absolute atomic E-state index is 13.2. The fraction of sp³-hybridized carbons (Fsp3) is 0.944. The molecule has 6 heteroatoms. The fourth-order valence-corrected chi connectivity index (χ4v) is 3.28. The van der Waals surface area contributed by atoms with E-state index in [9.17, 15) is 23.1 Å². The van der Waals surface area contributed by atoms with Gasteiger partial charge < -0.3 is 9.84 Å². The van der Waals surface area contributed by atoms with Gasteiger partial charge in [0.25, 0.3) is 0 Å². The molecular formula is C18H31F3O3. The molecule has 1 aliphatic rings. The van der Waals surface area contributed by atoms with Gasteiger partial charge in [-0.25, -0.2) is 0 Å². The molecule has 0 aliphatic heterocycles. The quantitative estimate of drug-likeness (QED) is 0.655. The average Bonchev–Trinajstić information content (AvgIpc) is 2.95. The number of carbonyl (C=O) groups excluding carboxylic acids is 1. The Labute approximate surface area is 143 Å². The van der Waals surface area contributed by atoms with Gasteiger partial charge >= 0.3 is 12.1 Å². The maximum Gasteiger partial charge on any atom is 0.417 e. The van der Waals surface area contributed by atoms with Gasteiger partial charge in [0.2, 0.25) is 0 Å². The van der Waals surface area contributed by atoms with Gasteiger partial charge in [0.15, 0.2) is 5.60 Å². The molecule has 2 unspecified atom stereocenters. The summed E-state index contributed by atoms with van der Waals surface area (Å²) >= 11 is 0. The number of carbonyl (C=O) groups is 1. The first-order valence-electron chi connectivity index (χ1n) is 8.81. The molecule has 0 aromatic carbocycles. The van der Waals surface area contributed by atoms with E-state index in [0.717, 1.165) is 32.6 Å². The maximum atomic E-state index is 13.2. The Bertz CT molecular complexity index is 435. The summed E-state index contributed by atoms with van der Waals surface area (Å²) in [6.07, 6.45) is -1.87. The van der Waals surface area contributed by atoms with Gasteiger partial charge in [-0.15, -0.1) is 0 Å². The van der Waals surface area contributed by atoms with E-state index in [1.165, 1.54) is 0 Å². The first kappa shape index (κ1) is 21.3. The Morgan fingerprint density at radius 2 is 1.67 bits per heavy atom. The van der Waals surface area contributed by atoms with E-state index in [0.29, 0.717) is 12.8 Å². The van der Waals surface area contributed by atoms with Gasteiger partial charge in [0.05, 0.1) is 5.41 Å². The second kappa shape index (κ2) is 7.22. The molecule has 1 saturated carbocycles. The van der Waals surface area contributed by atoms with Gasteiger partial charge in [-0.05, 0) is 46.5 Å². The van der Waals surface area contributed by atoms with Crippen LogP contribution in [0.15, 0.2) is 0 Å². The Morgan fingerprint density at radius 1 is 1.17 bits per heavy atom. The summed E-state index contributed by atoms with van der Waals surface area (Å²) in [6.45, 7) is 7.97. The Hall–Kier alpha value is -0.780. The Balaban J connectivity index is 3.11. The van der Waals surface area contributed by atoms with Crippen LogP contribution in [0.3, 0.4) is 0 Å². The summed E-state index contributed by atoms with van der Waals surface area (Å²) in [6, 6.07) is 0. The summed E-state index contributed by atoms with van der Waals surface area (Å²) in [5, 5.41) is 9.95. The highest BCUT2D eigenvalue weighted by Gasteiger charge is 2.55. The van der Waals surface area contributed by atoms with Crippen LogP contribution >= 0.6 is 0 Å². The van der Waals surface area contributed by atoms with Crippen LogP contribution in [0.2, 0.25) is 0 Å². The monoisotopic (exact) mass is 352 g/mol. The number of alkyl halides is 3. The summed E-state index contributed by atoms with van der Waals surface area (Å²) < 4.78 is 45.1. The number of hydrogen-bond acceptors (Lipinski definition) is 3. The highest BCUT2D eigenvalue weighted by atomic mass is 19.4. The SMILES string of the molecule is CCC(C)(C)C(=O)OC(CC(C)(O)C(F)(F)F)C1(CC)CCCC1. The van der Waals surface area contributed by atoms with E-state index >= 15 is 0 Å². The summed E-state index contributed by atoms with van der Waals surface area (Å²) in [5.41, 5.74) is -4.11. The zero-order valence-corrected chi connectivity index (χ0v) is 15.4. The predicted molar refractivity (Wildman–Crippen MR) is 86.4 cm³/mol. The van der Waals surface area contributed by atoms with Crippen molar-refractivity contribution in [2.45, 2.75) is 97.4 Å². The molecule has 0 aromatic rings. The van der Waals surface area contributed by atoms with Gasteiger partial charge in [0.1, 0.15) is 6.10 Å². The fourth-order valence-electron chi connectivity index (χ4n) is 3.28. The van der Waals surface area contributed by atoms with Crippen LogP contribution in [0.4, 0.5) is 13.2 Å². The van der Waals surface area contributed by atoms with Crippen LogP contribution in [-0.4, -0.2) is 29.0 Å². The molecule has 0 bridgehead atoms. The molecule has 24 heavy (non-hydrogen) atoms. The van der Waals surface area contributed by atoms with Crippen molar-refractivity contribution in [2.75, 3.05) is 0 Å². The van der Waals surface area contributed by atoms with Gasteiger partial charge in [-0.3, -0.25) is 4.79 Å². The van der Waals surface area contributed by atoms with E-state index in [1.54, 1.807) is 13.8 Å². The number of hydrogen-bond donors (Lipinski definition) is 1. The Kier molecular flexibility index (Phi) is 6.40. The minimum atomic E-state index is -4.76. The Morgan fingerprint density at radius 3 is 2.04 bits per heavy atom. The van der Waals surface area contributed by atoms with Crippen LogP contribution in [0, 0.1) is 10.8 Å².